The first-order chi connectivity index (χ1) is 7.29. The zero-order valence-electron chi connectivity index (χ0n) is 10.8. The molecule has 0 saturated heterocycles. The van der Waals surface area contributed by atoms with Crippen molar-refractivity contribution >= 4 is 0 Å². The summed E-state index contributed by atoms with van der Waals surface area (Å²) >= 11 is 0. The third kappa shape index (κ3) is 4.98. The standard InChI is InChI=1S/C13H28N2/c1-4-10-14-11-6-7-12(3)15(5-2)13-8-9-13/h12-14H,4-11H2,1-3H3. The van der Waals surface area contributed by atoms with Crippen molar-refractivity contribution in [3.05, 3.63) is 0 Å². The summed E-state index contributed by atoms with van der Waals surface area (Å²) in [4.78, 5) is 2.68. The topological polar surface area (TPSA) is 15.3 Å². The van der Waals surface area contributed by atoms with Gasteiger partial charge in [-0.15, -0.1) is 0 Å². The highest BCUT2D eigenvalue weighted by Gasteiger charge is 2.30. The summed E-state index contributed by atoms with van der Waals surface area (Å²) in [6.07, 6.45) is 6.79. The van der Waals surface area contributed by atoms with Gasteiger partial charge in [0, 0.05) is 12.1 Å². The SMILES string of the molecule is CCCNCCCC(C)N(CC)C1CC1. The number of hydrogen-bond donors (Lipinski definition) is 1. The minimum absolute atomic E-state index is 0.783. The molecule has 15 heavy (non-hydrogen) atoms. The van der Waals surface area contributed by atoms with Crippen LogP contribution in [0.4, 0.5) is 0 Å². The molecule has 0 spiro atoms. The fourth-order valence-electron chi connectivity index (χ4n) is 2.33. The zero-order chi connectivity index (χ0) is 11.1. The lowest BCUT2D eigenvalue weighted by molar-refractivity contribution is 0.197. The first-order valence-electron chi connectivity index (χ1n) is 6.76. The van der Waals surface area contributed by atoms with E-state index in [0.717, 1.165) is 12.1 Å². The summed E-state index contributed by atoms with van der Waals surface area (Å²) in [5.74, 6) is 0. The molecule has 1 aliphatic carbocycles. The molecule has 1 saturated carbocycles. The van der Waals surface area contributed by atoms with Crippen molar-refractivity contribution in [2.24, 2.45) is 0 Å². The molecule has 0 aromatic heterocycles. The molecule has 0 heterocycles. The molecule has 1 unspecified atom stereocenters. The van der Waals surface area contributed by atoms with Gasteiger partial charge < -0.3 is 5.32 Å². The van der Waals surface area contributed by atoms with Crippen molar-refractivity contribution in [3.63, 3.8) is 0 Å². The average Bonchev–Trinajstić information content (AvgIpc) is 3.03. The second-order valence-corrected chi connectivity index (χ2v) is 4.80. The highest BCUT2D eigenvalue weighted by molar-refractivity contribution is 4.86. The third-order valence-electron chi connectivity index (χ3n) is 3.35. The van der Waals surface area contributed by atoms with Gasteiger partial charge in [0.15, 0.2) is 0 Å². The van der Waals surface area contributed by atoms with Crippen LogP contribution >= 0.6 is 0 Å². The molecule has 90 valence electrons. The molecule has 1 fully saturated rings. The van der Waals surface area contributed by atoms with Gasteiger partial charge in [-0.25, -0.2) is 0 Å². The molecule has 0 bridgehead atoms. The molecule has 1 rings (SSSR count). The number of hydrogen-bond acceptors (Lipinski definition) is 2. The van der Waals surface area contributed by atoms with Crippen LogP contribution in [0.25, 0.3) is 0 Å². The normalized spacial score (nSPS) is 18.4. The minimum Gasteiger partial charge on any atom is -0.317 e. The van der Waals surface area contributed by atoms with Crippen LogP contribution in [0, 0.1) is 0 Å². The number of rotatable bonds is 9. The first kappa shape index (κ1) is 13.0. The van der Waals surface area contributed by atoms with Gasteiger partial charge in [0.2, 0.25) is 0 Å². The molecule has 0 aliphatic heterocycles. The van der Waals surface area contributed by atoms with Crippen LogP contribution in [0.1, 0.15) is 52.9 Å². The lowest BCUT2D eigenvalue weighted by Gasteiger charge is -2.27. The fourth-order valence-corrected chi connectivity index (χ4v) is 2.33. The second kappa shape index (κ2) is 7.24. The van der Waals surface area contributed by atoms with Crippen molar-refractivity contribution in [2.45, 2.75) is 65.0 Å². The molecule has 0 radical (unpaired) electrons. The van der Waals surface area contributed by atoms with Crippen LogP contribution in [0.5, 0.6) is 0 Å². The third-order valence-corrected chi connectivity index (χ3v) is 3.35. The number of nitrogens with zero attached hydrogens (tertiary/aromatic N) is 1. The summed E-state index contributed by atoms with van der Waals surface area (Å²) < 4.78 is 0. The Morgan fingerprint density at radius 1 is 1.27 bits per heavy atom. The van der Waals surface area contributed by atoms with Crippen LogP contribution in [-0.2, 0) is 0 Å². The molecule has 0 amide bonds. The van der Waals surface area contributed by atoms with Gasteiger partial charge in [-0.2, -0.15) is 0 Å². The van der Waals surface area contributed by atoms with Crippen molar-refractivity contribution in [2.75, 3.05) is 19.6 Å². The van der Waals surface area contributed by atoms with Crippen LogP contribution in [-0.4, -0.2) is 36.6 Å². The van der Waals surface area contributed by atoms with Gasteiger partial charge >= 0.3 is 0 Å². The maximum absolute atomic E-state index is 3.47. The lowest BCUT2D eigenvalue weighted by Crippen LogP contribution is -2.35. The van der Waals surface area contributed by atoms with Gasteiger partial charge in [0.25, 0.3) is 0 Å². The van der Waals surface area contributed by atoms with E-state index in [9.17, 15) is 0 Å². The predicted octanol–water partition coefficient (Wildman–Crippen LogP) is 2.64. The Morgan fingerprint density at radius 2 is 2.00 bits per heavy atom. The fraction of sp³-hybridized carbons (Fsp3) is 1.00. The zero-order valence-corrected chi connectivity index (χ0v) is 10.8. The summed E-state index contributed by atoms with van der Waals surface area (Å²) in [6, 6.07) is 1.71. The summed E-state index contributed by atoms with van der Waals surface area (Å²) in [5, 5.41) is 3.47. The molecule has 1 aliphatic rings. The maximum Gasteiger partial charge on any atom is 0.00991 e. The van der Waals surface area contributed by atoms with E-state index in [2.05, 4.69) is 31.0 Å². The smallest absolute Gasteiger partial charge is 0.00991 e. The average molecular weight is 212 g/mol. The molecular formula is C13H28N2. The Morgan fingerprint density at radius 3 is 2.53 bits per heavy atom. The van der Waals surface area contributed by atoms with E-state index in [0.29, 0.717) is 0 Å². The first-order valence-corrected chi connectivity index (χ1v) is 6.76. The molecular weight excluding hydrogens is 184 g/mol. The van der Waals surface area contributed by atoms with E-state index in [1.807, 2.05) is 0 Å². The summed E-state index contributed by atoms with van der Waals surface area (Å²) in [7, 11) is 0. The quantitative estimate of drug-likeness (QED) is 0.591. The van der Waals surface area contributed by atoms with Crippen molar-refractivity contribution in [1.82, 2.24) is 10.2 Å². The Labute approximate surface area is 95.4 Å². The number of nitrogens with one attached hydrogen (secondary N) is 1. The lowest BCUT2D eigenvalue weighted by atomic mass is 10.1. The molecule has 2 nitrogen and oxygen atoms in total. The molecule has 2 heteroatoms. The van der Waals surface area contributed by atoms with Gasteiger partial charge in [-0.05, 0) is 58.7 Å². The van der Waals surface area contributed by atoms with Gasteiger partial charge in [-0.3, -0.25) is 4.90 Å². The maximum atomic E-state index is 3.47. The van der Waals surface area contributed by atoms with E-state index >= 15 is 0 Å². The van der Waals surface area contributed by atoms with Gasteiger partial charge in [0.05, 0.1) is 0 Å². The summed E-state index contributed by atoms with van der Waals surface area (Å²) in [6.45, 7) is 10.5. The van der Waals surface area contributed by atoms with E-state index < -0.39 is 0 Å². The monoisotopic (exact) mass is 212 g/mol. The van der Waals surface area contributed by atoms with Crippen molar-refractivity contribution < 1.29 is 0 Å². The second-order valence-electron chi connectivity index (χ2n) is 4.80. The molecule has 0 aromatic rings. The molecule has 1 N–H and O–H groups in total. The molecule has 1 atom stereocenters. The highest BCUT2D eigenvalue weighted by atomic mass is 15.2. The summed E-state index contributed by atoms with van der Waals surface area (Å²) in [5.41, 5.74) is 0. The van der Waals surface area contributed by atoms with E-state index in [4.69, 9.17) is 0 Å². The largest absolute Gasteiger partial charge is 0.317 e. The van der Waals surface area contributed by atoms with E-state index in [-0.39, 0.29) is 0 Å². The Hall–Kier alpha value is -0.0800. The molecule has 0 aromatic carbocycles. The van der Waals surface area contributed by atoms with Gasteiger partial charge in [0.1, 0.15) is 0 Å². The van der Waals surface area contributed by atoms with Crippen LogP contribution in [0.15, 0.2) is 0 Å². The van der Waals surface area contributed by atoms with Crippen molar-refractivity contribution in [3.8, 4) is 0 Å². The van der Waals surface area contributed by atoms with Crippen LogP contribution < -0.4 is 5.32 Å². The Balaban J connectivity index is 2.03. The van der Waals surface area contributed by atoms with E-state index in [1.54, 1.807) is 0 Å². The van der Waals surface area contributed by atoms with Crippen LogP contribution in [0.3, 0.4) is 0 Å². The predicted molar refractivity (Wildman–Crippen MR) is 67.3 cm³/mol. The minimum atomic E-state index is 0.783. The van der Waals surface area contributed by atoms with E-state index in [1.165, 1.54) is 51.7 Å². The van der Waals surface area contributed by atoms with Gasteiger partial charge in [-0.1, -0.05) is 13.8 Å². The van der Waals surface area contributed by atoms with Crippen molar-refractivity contribution in [1.29, 1.82) is 0 Å². The Kier molecular flexibility index (Phi) is 6.26. The highest BCUT2D eigenvalue weighted by Crippen LogP contribution is 2.29. The Bertz CT molecular complexity index is 155. The van der Waals surface area contributed by atoms with Crippen LogP contribution in [0.2, 0.25) is 0 Å².